The van der Waals surface area contributed by atoms with Gasteiger partial charge in [-0.25, -0.2) is 0 Å². The predicted molar refractivity (Wildman–Crippen MR) is 31.9 cm³/mol. The van der Waals surface area contributed by atoms with Crippen LogP contribution in [0.25, 0.3) is 0 Å². The molecule has 0 fully saturated rings. The largest absolute Gasteiger partial charge is 0.275 e. The molecule has 2 heteroatoms. The van der Waals surface area contributed by atoms with E-state index in [0.717, 1.165) is 12.6 Å². The summed E-state index contributed by atoms with van der Waals surface area (Å²) in [6.07, 6.45) is 1.89. The summed E-state index contributed by atoms with van der Waals surface area (Å²) in [6, 6.07) is 0. The first kappa shape index (κ1) is 7.10. The minimum absolute atomic E-state index is 0.290. The van der Waals surface area contributed by atoms with Gasteiger partial charge in [-0.15, -0.1) is 0 Å². The van der Waals surface area contributed by atoms with Crippen molar-refractivity contribution in [1.82, 2.24) is 0 Å². The average Bonchev–Trinajstić information content (AvgIpc) is 1.61. The van der Waals surface area contributed by atoms with E-state index in [9.17, 15) is 4.57 Å². The molecule has 0 N–H and O–H groups in total. The summed E-state index contributed by atoms with van der Waals surface area (Å²) in [7, 11) is 0.290. The molecule has 0 aromatic heterocycles. The molecule has 7 heavy (non-hydrogen) atoms. The van der Waals surface area contributed by atoms with Crippen LogP contribution in [0.1, 0.15) is 20.3 Å². The van der Waals surface area contributed by atoms with Crippen LogP contribution in [-0.4, -0.2) is 6.16 Å². The van der Waals surface area contributed by atoms with E-state index in [0.29, 0.717) is 14.4 Å². The summed E-state index contributed by atoms with van der Waals surface area (Å²) in [4.78, 5) is 0. The second-order valence-corrected chi connectivity index (χ2v) is 2.74. The quantitative estimate of drug-likeness (QED) is 0.520. The number of rotatable bonds is 3. The third-order valence-electron chi connectivity index (χ3n) is 0.798. The van der Waals surface area contributed by atoms with Gasteiger partial charge in [-0.3, -0.25) is 4.57 Å². The minimum atomic E-state index is 0.290. The lowest BCUT2D eigenvalue weighted by Crippen LogP contribution is -1.85. The fourth-order valence-electron chi connectivity index (χ4n) is 0.311. The topological polar surface area (TPSA) is 17.1 Å². The van der Waals surface area contributed by atoms with Crippen molar-refractivity contribution in [2.75, 3.05) is 6.16 Å². The van der Waals surface area contributed by atoms with Gasteiger partial charge in [-0.1, -0.05) is 13.8 Å². The zero-order chi connectivity index (χ0) is 5.70. The van der Waals surface area contributed by atoms with Crippen molar-refractivity contribution < 1.29 is 4.57 Å². The second-order valence-electron chi connectivity index (χ2n) is 2.04. The molecule has 0 atom stereocenters. The van der Waals surface area contributed by atoms with Crippen LogP contribution in [0.2, 0.25) is 0 Å². The normalized spacial score (nSPS) is 10.7. The molecule has 0 heterocycles. The maximum atomic E-state index is 9.81. The highest BCUT2D eigenvalue weighted by Crippen LogP contribution is 2.03. The lowest BCUT2D eigenvalue weighted by atomic mass is 10.2. The van der Waals surface area contributed by atoms with Gasteiger partial charge in [0.25, 0.3) is 0 Å². The monoisotopic (exact) mass is 118 g/mol. The van der Waals surface area contributed by atoms with Gasteiger partial charge >= 0.3 is 0 Å². The molecular weight excluding hydrogens is 107 g/mol. The number of hydrogen-bond acceptors (Lipinski definition) is 1. The highest BCUT2D eigenvalue weighted by Gasteiger charge is 1.89. The molecule has 0 aromatic carbocycles. The first-order valence-electron chi connectivity index (χ1n) is 2.56. The van der Waals surface area contributed by atoms with Crippen LogP contribution in [0.5, 0.6) is 0 Å². The maximum absolute atomic E-state index is 9.81. The Hall–Kier alpha value is 0.100. The molecule has 1 nitrogen and oxygen atoms in total. The SMILES string of the molecule is CC(C)CCP=O. The Morgan fingerprint density at radius 1 is 1.57 bits per heavy atom. The van der Waals surface area contributed by atoms with Gasteiger partial charge in [0.05, 0.1) is 0 Å². The summed E-state index contributed by atoms with van der Waals surface area (Å²) < 4.78 is 9.81. The van der Waals surface area contributed by atoms with Gasteiger partial charge in [0, 0.05) is 6.16 Å². The Balaban J connectivity index is 2.81. The zero-order valence-corrected chi connectivity index (χ0v) is 5.74. The van der Waals surface area contributed by atoms with Crippen molar-refractivity contribution in [3.8, 4) is 0 Å². The molecule has 42 valence electrons. The van der Waals surface area contributed by atoms with Gasteiger partial charge in [0.15, 0.2) is 8.46 Å². The highest BCUT2D eigenvalue weighted by atomic mass is 31.1. The van der Waals surface area contributed by atoms with E-state index in [1.54, 1.807) is 0 Å². The zero-order valence-electron chi connectivity index (χ0n) is 4.85. The lowest BCUT2D eigenvalue weighted by molar-refractivity contribution is 0.584. The molecule has 0 spiro atoms. The molecule has 0 unspecified atom stereocenters. The average molecular weight is 118 g/mol. The molecule has 0 aliphatic rings. The molecule has 0 rings (SSSR count). The van der Waals surface area contributed by atoms with Crippen LogP contribution in [0.15, 0.2) is 0 Å². The molecule has 0 aliphatic heterocycles. The van der Waals surface area contributed by atoms with E-state index in [-0.39, 0.29) is 0 Å². The van der Waals surface area contributed by atoms with Crippen LogP contribution in [0.4, 0.5) is 0 Å². The molecule has 0 aromatic rings. The van der Waals surface area contributed by atoms with Crippen molar-refractivity contribution in [2.24, 2.45) is 5.92 Å². The van der Waals surface area contributed by atoms with Crippen molar-refractivity contribution in [1.29, 1.82) is 0 Å². The van der Waals surface area contributed by atoms with Crippen molar-refractivity contribution in [3.63, 3.8) is 0 Å². The molecule has 0 saturated carbocycles. The standard InChI is InChI=1S/C5H11OP/c1-5(2)3-4-7-6/h5H,3-4H2,1-2H3. The van der Waals surface area contributed by atoms with Crippen molar-refractivity contribution in [2.45, 2.75) is 20.3 Å². The van der Waals surface area contributed by atoms with E-state index < -0.39 is 0 Å². The van der Waals surface area contributed by atoms with E-state index in [1.807, 2.05) is 0 Å². The molecular formula is C5H11OP. The summed E-state index contributed by atoms with van der Waals surface area (Å²) in [5.74, 6) is 0.696. The molecule has 0 saturated heterocycles. The highest BCUT2D eigenvalue weighted by molar-refractivity contribution is 7.23. The van der Waals surface area contributed by atoms with Gasteiger partial charge in [0.2, 0.25) is 0 Å². The second kappa shape index (κ2) is 4.26. The summed E-state index contributed by atoms with van der Waals surface area (Å²) >= 11 is 0. The van der Waals surface area contributed by atoms with E-state index >= 15 is 0 Å². The Morgan fingerprint density at radius 2 is 2.14 bits per heavy atom. The fraction of sp³-hybridized carbons (Fsp3) is 1.00. The Kier molecular flexibility index (Phi) is 4.32. The van der Waals surface area contributed by atoms with E-state index in [4.69, 9.17) is 0 Å². The number of hydrogen-bond donors (Lipinski definition) is 0. The van der Waals surface area contributed by atoms with Crippen LogP contribution in [0.3, 0.4) is 0 Å². The van der Waals surface area contributed by atoms with Gasteiger partial charge in [-0.2, -0.15) is 0 Å². The Morgan fingerprint density at radius 3 is 2.29 bits per heavy atom. The first-order valence-corrected chi connectivity index (χ1v) is 3.56. The first-order chi connectivity index (χ1) is 3.27. The molecule has 0 radical (unpaired) electrons. The summed E-state index contributed by atoms with van der Waals surface area (Å²) in [5.41, 5.74) is 0. The molecule has 0 amide bonds. The van der Waals surface area contributed by atoms with Gasteiger partial charge in [-0.05, 0) is 12.3 Å². The molecule has 0 aliphatic carbocycles. The van der Waals surface area contributed by atoms with Crippen LogP contribution < -0.4 is 0 Å². The Labute approximate surface area is 46.3 Å². The summed E-state index contributed by atoms with van der Waals surface area (Å²) in [6.45, 7) is 4.26. The summed E-state index contributed by atoms with van der Waals surface area (Å²) in [5, 5.41) is 0. The van der Waals surface area contributed by atoms with Gasteiger partial charge in [0.1, 0.15) is 0 Å². The van der Waals surface area contributed by atoms with Crippen molar-refractivity contribution >= 4 is 8.46 Å². The lowest BCUT2D eigenvalue weighted by Gasteiger charge is -1.94. The van der Waals surface area contributed by atoms with Gasteiger partial charge < -0.3 is 0 Å². The van der Waals surface area contributed by atoms with Crippen LogP contribution in [-0.2, 0) is 4.57 Å². The third kappa shape index (κ3) is 6.10. The van der Waals surface area contributed by atoms with Crippen LogP contribution in [0, 0.1) is 5.92 Å². The van der Waals surface area contributed by atoms with Crippen molar-refractivity contribution in [3.05, 3.63) is 0 Å². The predicted octanol–water partition coefficient (Wildman–Crippen LogP) is 2.32. The van der Waals surface area contributed by atoms with E-state index in [2.05, 4.69) is 13.8 Å². The third-order valence-corrected chi connectivity index (χ3v) is 1.24. The fourth-order valence-corrected chi connectivity index (χ4v) is 0.933. The Bertz CT molecular complexity index is 52.0. The van der Waals surface area contributed by atoms with Crippen LogP contribution >= 0.6 is 8.46 Å². The maximum Gasteiger partial charge on any atom is 0.155 e. The molecule has 0 bridgehead atoms. The minimum Gasteiger partial charge on any atom is -0.275 e. The smallest absolute Gasteiger partial charge is 0.155 e. The van der Waals surface area contributed by atoms with E-state index in [1.165, 1.54) is 0 Å².